The summed E-state index contributed by atoms with van der Waals surface area (Å²) in [5.41, 5.74) is 1.98. The molecule has 11 heteroatoms. The van der Waals surface area contributed by atoms with Crippen LogP contribution >= 0.6 is 0 Å². The van der Waals surface area contributed by atoms with Crippen LogP contribution in [0.5, 0.6) is 5.88 Å². The molecule has 0 saturated carbocycles. The molecule has 11 nitrogen and oxygen atoms in total. The van der Waals surface area contributed by atoms with E-state index in [1.165, 1.54) is 6.20 Å². The van der Waals surface area contributed by atoms with E-state index in [4.69, 9.17) is 9.26 Å². The van der Waals surface area contributed by atoms with Gasteiger partial charge >= 0.3 is 0 Å². The lowest BCUT2D eigenvalue weighted by atomic mass is 9.88. The lowest BCUT2D eigenvalue weighted by molar-refractivity contribution is 0.0869. The minimum Gasteiger partial charge on any atom is -0.470 e. The molecule has 0 bridgehead atoms. The number of nitrogens with one attached hydrogen (secondary N) is 1. The first-order valence-corrected chi connectivity index (χ1v) is 11.2. The number of hydrogen-bond acceptors (Lipinski definition) is 9. The molecule has 1 amide bonds. The number of carbonyl (C=O) groups excluding carboxylic acids is 1. The largest absolute Gasteiger partial charge is 0.470 e. The molecular formula is C24H29N7O4. The number of pyridine rings is 1. The molecule has 0 aliphatic rings. The Hall–Kier alpha value is -3.86. The molecule has 0 radical (unpaired) electrons. The number of fused-ring (bicyclic) bond motifs is 1. The van der Waals surface area contributed by atoms with Crippen molar-refractivity contribution in [3.8, 4) is 17.4 Å². The van der Waals surface area contributed by atoms with Gasteiger partial charge in [-0.15, -0.1) is 15.3 Å². The highest BCUT2D eigenvalue weighted by molar-refractivity contribution is 5.94. The molecule has 184 valence electrons. The van der Waals surface area contributed by atoms with Crippen LogP contribution in [-0.4, -0.2) is 53.1 Å². The Kier molecular flexibility index (Phi) is 6.28. The van der Waals surface area contributed by atoms with Crippen LogP contribution < -0.4 is 10.1 Å². The summed E-state index contributed by atoms with van der Waals surface area (Å²) in [6.07, 6.45) is 1.48. The number of aliphatic hydroxyl groups is 1. The third-order valence-corrected chi connectivity index (χ3v) is 5.32. The van der Waals surface area contributed by atoms with Gasteiger partial charge in [-0.2, -0.15) is 4.52 Å². The van der Waals surface area contributed by atoms with E-state index in [2.05, 4.69) is 51.5 Å². The molecule has 0 fully saturated rings. The van der Waals surface area contributed by atoms with E-state index < -0.39 is 5.54 Å². The highest BCUT2D eigenvalue weighted by atomic mass is 16.5. The second-order valence-corrected chi connectivity index (χ2v) is 10.1. The van der Waals surface area contributed by atoms with Crippen molar-refractivity contribution in [1.82, 2.24) is 35.3 Å². The fourth-order valence-electron chi connectivity index (χ4n) is 3.30. The monoisotopic (exact) mass is 479 g/mol. The topological polar surface area (TPSA) is 141 Å². The molecule has 4 aromatic rings. The molecule has 4 aromatic heterocycles. The molecule has 0 aliphatic heterocycles. The van der Waals surface area contributed by atoms with Gasteiger partial charge in [0.15, 0.2) is 11.3 Å². The predicted octanol–water partition coefficient (Wildman–Crippen LogP) is 2.86. The first kappa shape index (κ1) is 24.3. The Labute approximate surface area is 202 Å². The van der Waals surface area contributed by atoms with Crippen LogP contribution in [0.15, 0.2) is 35.0 Å². The third kappa shape index (κ3) is 5.29. The second-order valence-electron chi connectivity index (χ2n) is 10.1. The maximum atomic E-state index is 12.4. The zero-order chi connectivity index (χ0) is 25.4. The van der Waals surface area contributed by atoms with Crippen LogP contribution in [0.4, 0.5) is 0 Å². The standard InChI is InChI=1S/C24H29N7O4/c1-14-9-18(30-35-14)20-28-27-19-10-17(23(2,3)4)22(29-31(19)20)34-12-16-8-7-15(11-25-16)21(33)26-24(5,6)13-32/h7-11,32H,12-13H2,1-6H3,(H,26,33). The quantitative estimate of drug-likeness (QED) is 0.409. The molecule has 0 saturated heterocycles. The van der Waals surface area contributed by atoms with Crippen molar-refractivity contribution < 1.29 is 19.2 Å². The molecular weight excluding hydrogens is 450 g/mol. The number of rotatable bonds is 7. The summed E-state index contributed by atoms with van der Waals surface area (Å²) in [6, 6.07) is 7.05. The molecule has 0 aliphatic carbocycles. The van der Waals surface area contributed by atoms with Crippen LogP contribution in [0, 0.1) is 6.92 Å². The van der Waals surface area contributed by atoms with E-state index in [-0.39, 0.29) is 24.5 Å². The van der Waals surface area contributed by atoms with E-state index >= 15 is 0 Å². The van der Waals surface area contributed by atoms with E-state index in [0.717, 1.165) is 5.56 Å². The van der Waals surface area contributed by atoms with Gasteiger partial charge in [0, 0.05) is 17.8 Å². The first-order chi connectivity index (χ1) is 16.5. The van der Waals surface area contributed by atoms with Crippen molar-refractivity contribution in [3.63, 3.8) is 0 Å². The number of ether oxygens (including phenoxy) is 1. The zero-order valence-electron chi connectivity index (χ0n) is 20.7. The number of carbonyl (C=O) groups is 1. The van der Waals surface area contributed by atoms with Crippen molar-refractivity contribution in [2.75, 3.05) is 6.61 Å². The van der Waals surface area contributed by atoms with Gasteiger partial charge in [-0.3, -0.25) is 9.78 Å². The van der Waals surface area contributed by atoms with Gasteiger partial charge in [0.25, 0.3) is 5.91 Å². The molecule has 0 spiro atoms. The molecule has 4 heterocycles. The summed E-state index contributed by atoms with van der Waals surface area (Å²) in [4.78, 5) is 16.7. The fourth-order valence-corrected chi connectivity index (χ4v) is 3.30. The number of nitrogens with zero attached hydrogens (tertiary/aromatic N) is 6. The van der Waals surface area contributed by atoms with Crippen LogP contribution in [0.2, 0.25) is 0 Å². The fraction of sp³-hybridized carbons (Fsp3) is 0.417. The Balaban J connectivity index is 1.59. The Morgan fingerprint density at radius 1 is 1.17 bits per heavy atom. The minimum atomic E-state index is -0.724. The number of hydrogen-bond donors (Lipinski definition) is 2. The third-order valence-electron chi connectivity index (χ3n) is 5.32. The Morgan fingerprint density at radius 3 is 2.54 bits per heavy atom. The minimum absolute atomic E-state index is 0.145. The van der Waals surface area contributed by atoms with Crippen molar-refractivity contribution in [2.45, 2.75) is 59.1 Å². The van der Waals surface area contributed by atoms with Crippen molar-refractivity contribution in [2.24, 2.45) is 0 Å². The van der Waals surface area contributed by atoms with E-state index in [9.17, 15) is 9.90 Å². The molecule has 0 unspecified atom stereocenters. The van der Waals surface area contributed by atoms with Gasteiger partial charge in [-0.1, -0.05) is 25.9 Å². The van der Waals surface area contributed by atoms with Gasteiger partial charge in [0.2, 0.25) is 11.7 Å². The van der Waals surface area contributed by atoms with Crippen molar-refractivity contribution in [1.29, 1.82) is 0 Å². The van der Waals surface area contributed by atoms with Gasteiger partial charge in [-0.25, -0.2) is 0 Å². The summed E-state index contributed by atoms with van der Waals surface area (Å²) >= 11 is 0. The van der Waals surface area contributed by atoms with E-state index in [1.807, 2.05) is 6.07 Å². The summed E-state index contributed by atoms with van der Waals surface area (Å²) in [5.74, 6) is 1.21. The second kappa shape index (κ2) is 9.06. The van der Waals surface area contributed by atoms with Crippen LogP contribution in [-0.2, 0) is 12.0 Å². The van der Waals surface area contributed by atoms with E-state index in [0.29, 0.717) is 40.1 Å². The SMILES string of the molecule is Cc1cc(-c2nnc3cc(C(C)(C)C)c(OCc4ccc(C(=O)NC(C)(C)CO)cn4)nn23)no1. The zero-order valence-corrected chi connectivity index (χ0v) is 20.7. The summed E-state index contributed by atoms with van der Waals surface area (Å²) < 4.78 is 12.8. The highest BCUT2D eigenvalue weighted by Crippen LogP contribution is 2.32. The van der Waals surface area contributed by atoms with Gasteiger partial charge in [0.1, 0.15) is 12.4 Å². The summed E-state index contributed by atoms with van der Waals surface area (Å²) in [5, 5.41) is 29.3. The van der Waals surface area contributed by atoms with Gasteiger partial charge in [0.05, 0.1) is 23.4 Å². The average molecular weight is 480 g/mol. The molecule has 0 aromatic carbocycles. The first-order valence-electron chi connectivity index (χ1n) is 11.2. The van der Waals surface area contributed by atoms with Crippen molar-refractivity contribution >= 4 is 11.6 Å². The van der Waals surface area contributed by atoms with Gasteiger partial charge < -0.3 is 19.7 Å². The summed E-state index contributed by atoms with van der Waals surface area (Å²) in [7, 11) is 0. The smallest absolute Gasteiger partial charge is 0.253 e. The lowest BCUT2D eigenvalue weighted by Crippen LogP contribution is -2.46. The molecule has 35 heavy (non-hydrogen) atoms. The van der Waals surface area contributed by atoms with Gasteiger partial charge in [-0.05, 0) is 44.4 Å². The number of aromatic nitrogens is 6. The van der Waals surface area contributed by atoms with Crippen LogP contribution in [0.25, 0.3) is 17.2 Å². The van der Waals surface area contributed by atoms with Crippen LogP contribution in [0.3, 0.4) is 0 Å². The average Bonchev–Trinajstić information content (AvgIpc) is 3.42. The number of aryl methyl sites for hydroxylation is 1. The predicted molar refractivity (Wildman–Crippen MR) is 127 cm³/mol. The molecule has 0 atom stereocenters. The normalized spacial score (nSPS) is 12.2. The lowest BCUT2D eigenvalue weighted by Gasteiger charge is -2.23. The molecule has 2 N–H and O–H groups in total. The van der Waals surface area contributed by atoms with Crippen molar-refractivity contribution in [3.05, 3.63) is 53.0 Å². The summed E-state index contributed by atoms with van der Waals surface area (Å²) in [6.45, 7) is 11.4. The Bertz CT molecular complexity index is 1350. The highest BCUT2D eigenvalue weighted by Gasteiger charge is 2.25. The number of amides is 1. The number of aliphatic hydroxyl groups excluding tert-OH is 1. The van der Waals surface area contributed by atoms with Crippen LogP contribution in [0.1, 0.15) is 62.0 Å². The maximum Gasteiger partial charge on any atom is 0.253 e. The Morgan fingerprint density at radius 2 is 1.94 bits per heavy atom. The van der Waals surface area contributed by atoms with E-state index in [1.54, 1.807) is 43.5 Å². The molecule has 4 rings (SSSR count). The maximum absolute atomic E-state index is 12.4.